The zero-order valence-corrected chi connectivity index (χ0v) is 17.1. The van der Waals surface area contributed by atoms with E-state index in [1.807, 2.05) is 72.8 Å². The van der Waals surface area contributed by atoms with E-state index in [0.717, 1.165) is 40.5 Å². The molecule has 0 radical (unpaired) electrons. The SMILES string of the molecule is CCc1ccc(N2C(=O)C3C4c5ccccc5C(C=O)(c5ccccc54)C3C2=O)cc1. The van der Waals surface area contributed by atoms with Crippen LogP contribution in [0, 0.1) is 11.8 Å². The number of aldehydes is 1. The number of carbonyl (C=O) groups is 3. The first-order valence-corrected chi connectivity index (χ1v) is 10.8. The molecule has 1 fully saturated rings. The zero-order chi connectivity index (χ0) is 21.3. The Morgan fingerprint density at radius 3 is 1.97 bits per heavy atom. The number of rotatable bonds is 3. The van der Waals surface area contributed by atoms with Crippen molar-refractivity contribution in [1.29, 1.82) is 0 Å². The lowest BCUT2D eigenvalue weighted by molar-refractivity contribution is -0.128. The molecule has 7 rings (SSSR count). The van der Waals surface area contributed by atoms with Crippen LogP contribution in [0.25, 0.3) is 0 Å². The molecule has 0 saturated carbocycles. The van der Waals surface area contributed by atoms with Gasteiger partial charge in [-0.1, -0.05) is 67.6 Å². The van der Waals surface area contributed by atoms with Crippen molar-refractivity contribution in [1.82, 2.24) is 0 Å². The Kier molecular flexibility index (Phi) is 3.67. The summed E-state index contributed by atoms with van der Waals surface area (Å²) in [6.07, 6.45) is 1.79. The van der Waals surface area contributed by atoms with Crippen LogP contribution < -0.4 is 4.90 Å². The first kappa shape index (κ1) is 18.3. The summed E-state index contributed by atoms with van der Waals surface area (Å²) in [5.74, 6) is -2.01. The van der Waals surface area contributed by atoms with E-state index in [1.54, 1.807) is 0 Å². The molecule has 1 saturated heterocycles. The Labute approximate surface area is 180 Å². The Morgan fingerprint density at radius 1 is 0.839 bits per heavy atom. The molecule has 3 aliphatic carbocycles. The molecule has 2 atom stereocenters. The van der Waals surface area contributed by atoms with Gasteiger partial charge < -0.3 is 4.79 Å². The van der Waals surface area contributed by atoms with E-state index < -0.39 is 17.3 Å². The summed E-state index contributed by atoms with van der Waals surface area (Å²) in [5, 5.41) is 0. The van der Waals surface area contributed by atoms with Crippen molar-refractivity contribution in [2.75, 3.05) is 4.90 Å². The van der Waals surface area contributed by atoms with Crippen molar-refractivity contribution in [3.05, 3.63) is 101 Å². The predicted molar refractivity (Wildman–Crippen MR) is 117 cm³/mol. The van der Waals surface area contributed by atoms with Crippen LogP contribution in [-0.4, -0.2) is 18.1 Å². The maximum atomic E-state index is 13.8. The predicted octanol–water partition coefficient (Wildman–Crippen LogP) is 4.00. The molecule has 1 heterocycles. The van der Waals surface area contributed by atoms with E-state index in [-0.39, 0.29) is 17.7 Å². The summed E-state index contributed by atoms with van der Waals surface area (Å²) in [5.41, 5.74) is 4.27. The van der Waals surface area contributed by atoms with Crippen molar-refractivity contribution in [3.63, 3.8) is 0 Å². The van der Waals surface area contributed by atoms with Crippen LogP contribution in [0.3, 0.4) is 0 Å². The lowest BCUT2D eigenvalue weighted by atomic mass is 9.48. The van der Waals surface area contributed by atoms with Crippen molar-refractivity contribution < 1.29 is 14.4 Å². The third-order valence-corrected chi connectivity index (χ3v) is 7.47. The summed E-state index contributed by atoms with van der Waals surface area (Å²) in [6, 6.07) is 23.2. The number of anilines is 1. The summed E-state index contributed by atoms with van der Waals surface area (Å²) in [6.45, 7) is 2.07. The molecule has 2 unspecified atom stereocenters. The highest BCUT2D eigenvalue weighted by molar-refractivity contribution is 6.24. The molecule has 3 aromatic rings. The standard InChI is InChI=1S/C27H21NO3/c1-2-16-11-13-17(14-12-16)28-25(30)23-22-18-7-3-5-9-20(18)27(15-29,24(23)26(28)31)21-10-6-4-8-19(21)22/h3-15,22-24H,2H2,1H3. The molecule has 4 aliphatic rings. The minimum atomic E-state index is -1.14. The Hall–Kier alpha value is -3.53. The third kappa shape index (κ3) is 2.07. The van der Waals surface area contributed by atoms with Crippen LogP contribution in [-0.2, 0) is 26.2 Å². The van der Waals surface area contributed by atoms with Gasteiger partial charge in [-0.3, -0.25) is 9.59 Å². The molecule has 152 valence electrons. The molecular weight excluding hydrogens is 386 g/mol. The van der Waals surface area contributed by atoms with Gasteiger partial charge in [-0.25, -0.2) is 4.90 Å². The highest BCUT2D eigenvalue weighted by Crippen LogP contribution is 2.63. The largest absolute Gasteiger partial charge is 0.302 e. The Morgan fingerprint density at radius 2 is 1.42 bits per heavy atom. The number of aryl methyl sites for hydroxylation is 1. The monoisotopic (exact) mass is 407 g/mol. The van der Waals surface area contributed by atoms with E-state index in [0.29, 0.717) is 5.69 Å². The Bertz CT molecular complexity index is 1210. The molecule has 3 aromatic carbocycles. The number of hydrogen-bond donors (Lipinski definition) is 0. The normalized spacial score (nSPS) is 27.6. The van der Waals surface area contributed by atoms with E-state index in [4.69, 9.17) is 0 Å². The molecule has 2 bridgehead atoms. The second-order valence-corrected chi connectivity index (χ2v) is 8.67. The maximum absolute atomic E-state index is 13.8. The van der Waals surface area contributed by atoms with Gasteiger partial charge in [-0.2, -0.15) is 0 Å². The lowest BCUT2D eigenvalue weighted by Gasteiger charge is -2.51. The van der Waals surface area contributed by atoms with Gasteiger partial charge in [0.15, 0.2) is 0 Å². The van der Waals surface area contributed by atoms with Crippen LogP contribution in [0.15, 0.2) is 72.8 Å². The molecule has 2 amide bonds. The average Bonchev–Trinajstić information content (AvgIpc) is 3.10. The van der Waals surface area contributed by atoms with Gasteiger partial charge in [-0.15, -0.1) is 0 Å². The van der Waals surface area contributed by atoms with Gasteiger partial charge in [0, 0.05) is 5.92 Å². The van der Waals surface area contributed by atoms with Gasteiger partial charge in [0.2, 0.25) is 11.8 Å². The first-order chi connectivity index (χ1) is 15.1. The summed E-state index contributed by atoms with van der Waals surface area (Å²) in [7, 11) is 0. The second kappa shape index (κ2) is 6.24. The minimum absolute atomic E-state index is 0.209. The molecule has 4 heteroatoms. The van der Waals surface area contributed by atoms with E-state index in [1.165, 1.54) is 4.90 Å². The molecule has 0 aromatic heterocycles. The number of carbonyl (C=O) groups excluding carboxylic acids is 3. The highest BCUT2D eigenvalue weighted by Gasteiger charge is 2.68. The van der Waals surface area contributed by atoms with Crippen molar-refractivity contribution in [2.24, 2.45) is 11.8 Å². The van der Waals surface area contributed by atoms with Gasteiger partial charge in [0.25, 0.3) is 0 Å². The van der Waals surface area contributed by atoms with E-state index in [9.17, 15) is 14.4 Å². The molecular formula is C27H21NO3. The fourth-order valence-electron chi connectivity index (χ4n) is 6.17. The maximum Gasteiger partial charge on any atom is 0.239 e. The summed E-state index contributed by atoms with van der Waals surface area (Å²) >= 11 is 0. The lowest BCUT2D eigenvalue weighted by Crippen LogP contribution is -2.54. The summed E-state index contributed by atoms with van der Waals surface area (Å²) in [4.78, 5) is 41.8. The number of amides is 2. The van der Waals surface area contributed by atoms with Crippen LogP contribution in [0.4, 0.5) is 5.69 Å². The van der Waals surface area contributed by atoms with Gasteiger partial charge in [-0.05, 0) is 46.4 Å². The average molecular weight is 407 g/mol. The molecule has 31 heavy (non-hydrogen) atoms. The smallest absolute Gasteiger partial charge is 0.239 e. The number of benzene rings is 3. The zero-order valence-electron chi connectivity index (χ0n) is 17.1. The van der Waals surface area contributed by atoms with Crippen molar-refractivity contribution in [3.8, 4) is 0 Å². The first-order valence-electron chi connectivity index (χ1n) is 10.8. The number of nitrogens with zero attached hydrogens (tertiary/aromatic N) is 1. The second-order valence-electron chi connectivity index (χ2n) is 8.67. The van der Waals surface area contributed by atoms with E-state index in [2.05, 4.69) is 6.92 Å². The van der Waals surface area contributed by atoms with Crippen molar-refractivity contribution >= 4 is 23.8 Å². The van der Waals surface area contributed by atoms with Gasteiger partial charge >= 0.3 is 0 Å². The van der Waals surface area contributed by atoms with Crippen LogP contribution in [0.2, 0.25) is 0 Å². The molecule has 0 N–H and O–H groups in total. The molecule has 0 spiro atoms. The van der Waals surface area contributed by atoms with Crippen LogP contribution in [0.5, 0.6) is 0 Å². The molecule has 4 nitrogen and oxygen atoms in total. The summed E-state index contributed by atoms with van der Waals surface area (Å²) < 4.78 is 0. The number of hydrogen-bond acceptors (Lipinski definition) is 3. The fraction of sp³-hybridized carbons (Fsp3) is 0.222. The quantitative estimate of drug-likeness (QED) is 0.487. The topological polar surface area (TPSA) is 54.5 Å². The van der Waals surface area contributed by atoms with Gasteiger partial charge in [0.05, 0.1) is 22.9 Å². The molecule has 1 aliphatic heterocycles. The van der Waals surface area contributed by atoms with E-state index >= 15 is 0 Å². The third-order valence-electron chi connectivity index (χ3n) is 7.47. The number of imide groups is 1. The van der Waals surface area contributed by atoms with Crippen molar-refractivity contribution in [2.45, 2.75) is 24.7 Å². The van der Waals surface area contributed by atoms with Crippen LogP contribution >= 0.6 is 0 Å². The van der Waals surface area contributed by atoms with Gasteiger partial charge in [0.1, 0.15) is 6.29 Å². The van der Waals surface area contributed by atoms with Crippen LogP contribution in [0.1, 0.15) is 40.7 Å². The fourth-order valence-corrected chi connectivity index (χ4v) is 6.17. The minimum Gasteiger partial charge on any atom is -0.302 e. The highest BCUT2D eigenvalue weighted by atomic mass is 16.2. The Balaban J connectivity index is 1.60.